The topological polar surface area (TPSA) is 49.4 Å². The monoisotopic (exact) mass is 288 g/mol. The highest BCUT2D eigenvalue weighted by Gasteiger charge is 2.27. The minimum atomic E-state index is -2.80. The zero-order valence-corrected chi connectivity index (χ0v) is 13.1. The summed E-state index contributed by atoms with van der Waals surface area (Å²) in [6.45, 7) is 3.97. The minimum absolute atomic E-state index is 0.153. The first-order valence-corrected chi connectivity index (χ1v) is 9.44. The molecule has 2 rings (SSSR count). The summed E-state index contributed by atoms with van der Waals surface area (Å²) in [5, 5.41) is 3.34. The van der Waals surface area contributed by atoms with Gasteiger partial charge in [0, 0.05) is 18.6 Å². The zero-order valence-electron chi connectivity index (χ0n) is 12.3. The molecule has 1 aliphatic carbocycles. The van der Waals surface area contributed by atoms with Crippen molar-refractivity contribution in [3.8, 4) is 0 Å². The zero-order chi connectivity index (χ0) is 13.9. The second-order valence-corrected chi connectivity index (χ2v) is 8.59. The Morgan fingerprint density at radius 3 is 2.68 bits per heavy atom. The molecule has 0 aromatic rings. The Morgan fingerprint density at radius 2 is 2.00 bits per heavy atom. The van der Waals surface area contributed by atoms with Crippen molar-refractivity contribution in [3.63, 3.8) is 0 Å². The average Bonchev–Trinajstić information content (AvgIpc) is 2.35. The summed E-state index contributed by atoms with van der Waals surface area (Å²) in [7, 11) is -0.598. The van der Waals surface area contributed by atoms with Crippen LogP contribution in [0, 0.1) is 5.92 Å². The Balaban J connectivity index is 1.78. The van der Waals surface area contributed by atoms with Gasteiger partial charge in [0.05, 0.1) is 11.5 Å². The van der Waals surface area contributed by atoms with Gasteiger partial charge >= 0.3 is 0 Å². The maximum atomic E-state index is 11.6. The van der Waals surface area contributed by atoms with Crippen LogP contribution >= 0.6 is 0 Å². The van der Waals surface area contributed by atoms with Gasteiger partial charge in [0.2, 0.25) is 0 Å². The SMILES string of the molecule is CC1CCCCC1N(C)CCC1CS(=O)(=O)CCN1. The Morgan fingerprint density at radius 1 is 1.26 bits per heavy atom. The summed E-state index contributed by atoms with van der Waals surface area (Å²) in [5.74, 6) is 1.40. The van der Waals surface area contributed by atoms with Crippen LogP contribution in [0.1, 0.15) is 39.0 Å². The van der Waals surface area contributed by atoms with Gasteiger partial charge < -0.3 is 10.2 Å². The summed E-state index contributed by atoms with van der Waals surface area (Å²) in [5.41, 5.74) is 0. The van der Waals surface area contributed by atoms with Gasteiger partial charge in [-0.3, -0.25) is 0 Å². The molecule has 3 atom stereocenters. The molecule has 1 saturated heterocycles. The molecule has 0 bridgehead atoms. The third-order valence-corrected chi connectivity index (χ3v) is 6.50. The van der Waals surface area contributed by atoms with Crippen molar-refractivity contribution < 1.29 is 8.42 Å². The molecule has 0 radical (unpaired) electrons. The molecule has 2 aliphatic rings. The fraction of sp³-hybridized carbons (Fsp3) is 1.00. The molecule has 1 N–H and O–H groups in total. The summed E-state index contributed by atoms with van der Waals surface area (Å²) < 4.78 is 23.2. The van der Waals surface area contributed by atoms with Gasteiger partial charge in [-0.15, -0.1) is 0 Å². The van der Waals surface area contributed by atoms with Gasteiger partial charge in [-0.25, -0.2) is 8.42 Å². The Labute approximate surface area is 117 Å². The molecule has 1 saturated carbocycles. The van der Waals surface area contributed by atoms with Gasteiger partial charge in [0.25, 0.3) is 0 Å². The highest BCUT2D eigenvalue weighted by atomic mass is 32.2. The maximum absolute atomic E-state index is 11.6. The molecule has 0 aromatic heterocycles. The Bertz CT molecular complexity index is 383. The van der Waals surface area contributed by atoms with Crippen molar-refractivity contribution >= 4 is 9.84 Å². The van der Waals surface area contributed by atoms with Crippen LogP contribution in [0.2, 0.25) is 0 Å². The predicted octanol–water partition coefficient (Wildman–Crippen LogP) is 1.27. The highest BCUT2D eigenvalue weighted by Crippen LogP contribution is 2.27. The first kappa shape index (κ1) is 15.3. The van der Waals surface area contributed by atoms with Crippen molar-refractivity contribution in [2.24, 2.45) is 5.92 Å². The van der Waals surface area contributed by atoms with Crippen LogP contribution in [0.4, 0.5) is 0 Å². The van der Waals surface area contributed by atoms with E-state index in [4.69, 9.17) is 0 Å². The molecule has 2 fully saturated rings. The van der Waals surface area contributed by atoms with Crippen LogP contribution in [-0.2, 0) is 9.84 Å². The van der Waals surface area contributed by atoms with Crippen LogP contribution < -0.4 is 5.32 Å². The van der Waals surface area contributed by atoms with Crippen molar-refractivity contribution in [1.82, 2.24) is 10.2 Å². The van der Waals surface area contributed by atoms with E-state index < -0.39 is 9.84 Å². The maximum Gasteiger partial charge on any atom is 0.153 e. The molecule has 4 nitrogen and oxygen atoms in total. The highest BCUT2D eigenvalue weighted by molar-refractivity contribution is 7.91. The van der Waals surface area contributed by atoms with Gasteiger partial charge in [0.1, 0.15) is 0 Å². The number of sulfone groups is 1. The van der Waals surface area contributed by atoms with Crippen LogP contribution in [-0.4, -0.2) is 57.0 Å². The van der Waals surface area contributed by atoms with Crippen LogP contribution in [0.3, 0.4) is 0 Å². The lowest BCUT2D eigenvalue weighted by Gasteiger charge is -2.37. The molecule has 5 heteroatoms. The van der Waals surface area contributed by atoms with Crippen molar-refractivity contribution in [2.45, 2.75) is 51.1 Å². The summed E-state index contributed by atoms with van der Waals surface area (Å²) in [6.07, 6.45) is 6.29. The van der Waals surface area contributed by atoms with E-state index in [1.165, 1.54) is 25.7 Å². The second kappa shape index (κ2) is 6.55. The number of nitrogens with one attached hydrogen (secondary N) is 1. The molecule has 3 unspecified atom stereocenters. The predicted molar refractivity (Wildman–Crippen MR) is 79.1 cm³/mol. The van der Waals surface area contributed by atoms with Crippen LogP contribution in [0.5, 0.6) is 0 Å². The van der Waals surface area contributed by atoms with Crippen molar-refractivity contribution in [2.75, 3.05) is 31.6 Å². The van der Waals surface area contributed by atoms with E-state index in [0.29, 0.717) is 24.1 Å². The van der Waals surface area contributed by atoms with E-state index in [9.17, 15) is 8.42 Å². The third-order valence-electron chi connectivity index (χ3n) is 4.76. The second-order valence-electron chi connectivity index (χ2n) is 6.36. The lowest BCUT2D eigenvalue weighted by Crippen LogP contribution is -2.47. The molecular formula is C14H28N2O2S. The molecule has 112 valence electrons. The molecule has 1 aliphatic heterocycles. The Kier molecular flexibility index (Phi) is 5.26. The molecule has 1 heterocycles. The lowest BCUT2D eigenvalue weighted by atomic mass is 9.85. The fourth-order valence-electron chi connectivity index (χ4n) is 3.53. The third kappa shape index (κ3) is 4.43. The molecule has 0 spiro atoms. The van der Waals surface area contributed by atoms with Crippen molar-refractivity contribution in [3.05, 3.63) is 0 Å². The minimum Gasteiger partial charge on any atom is -0.312 e. The van der Waals surface area contributed by atoms with E-state index in [2.05, 4.69) is 24.2 Å². The van der Waals surface area contributed by atoms with E-state index >= 15 is 0 Å². The molecule has 19 heavy (non-hydrogen) atoms. The van der Waals surface area contributed by atoms with Crippen LogP contribution in [0.25, 0.3) is 0 Å². The lowest BCUT2D eigenvalue weighted by molar-refractivity contribution is 0.135. The normalized spacial score (nSPS) is 35.4. The number of hydrogen-bond donors (Lipinski definition) is 1. The first-order chi connectivity index (χ1) is 8.98. The van der Waals surface area contributed by atoms with E-state index in [1.807, 2.05) is 0 Å². The standard InChI is InChI=1S/C14H28N2O2S/c1-12-5-3-4-6-14(12)16(2)9-7-13-11-19(17,18)10-8-15-13/h12-15H,3-11H2,1-2H3. The van der Waals surface area contributed by atoms with Gasteiger partial charge in [-0.2, -0.15) is 0 Å². The van der Waals surface area contributed by atoms with Gasteiger partial charge in [-0.05, 0) is 38.8 Å². The summed E-state index contributed by atoms with van der Waals surface area (Å²) in [4.78, 5) is 2.45. The summed E-state index contributed by atoms with van der Waals surface area (Å²) in [6, 6.07) is 0.842. The van der Waals surface area contributed by atoms with E-state index in [0.717, 1.165) is 18.9 Å². The average molecular weight is 288 g/mol. The molecular weight excluding hydrogens is 260 g/mol. The Hall–Kier alpha value is -0.130. The smallest absolute Gasteiger partial charge is 0.153 e. The number of nitrogens with zero attached hydrogens (tertiary/aromatic N) is 1. The van der Waals surface area contributed by atoms with E-state index in [1.54, 1.807) is 0 Å². The summed E-state index contributed by atoms with van der Waals surface area (Å²) >= 11 is 0. The van der Waals surface area contributed by atoms with E-state index in [-0.39, 0.29) is 6.04 Å². The van der Waals surface area contributed by atoms with Gasteiger partial charge in [-0.1, -0.05) is 19.8 Å². The first-order valence-electron chi connectivity index (χ1n) is 7.62. The van der Waals surface area contributed by atoms with Crippen LogP contribution in [0.15, 0.2) is 0 Å². The largest absolute Gasteiger partial charge is 0.312 e. The van der Waals surface area contributed by atoms with Gasteiger partial charge in [0.15, 0.2) is 9.84 Å². The number of hydrogen-bond acceptors (Lipinski definition) is 4. The molecule has 0 amide bonds. The number of rotatable bonds is 4. The molecule has 0 aromatic carbocycles. The quantitative estimate of drug-likeness (QED) is 0.846. The fourth-order valence-corrected chi connectivity index (χ4v) is 5.02. The van der Waals surface area contributed by atoms with Crippen molar-refractivity contribution in [1.29, 1.82) is 0 Å².